The molecule has 1 aromatic heterocycles. The van der Waals surface area contributed by atoms with Crippen LogP contribution in [-0.4, -0.2) is 36.4 Å². The second kappa shape index (κ2) is 8.95. The summed E-state index contributed by atoms with van der Waals surface area (Å²) < 4.78 is 28.4. The van der Waals surface area contributed by atoms with Gasteiger partial charge in [-0.15, -0.1) is 0 Å². The Kier molecular flexibility index (Phi) is 6.67. The summed E-state index contributed by atoms with van der Waals surface area (Å²) in [6.07, 6.45) is 5.51. The highest BCUT2D eigenvalue weighted by Crippen LogP contribution is 2.25. The van der Waals surface area contributed by atoms with E-state index in [4.69, 9.17) is 5.73 Å². The van der Waals surface area contributed by atoms with Crippen molar-refractivity contribution in [2.75, 3.05) is 11.1 Å². The minimum absolute atomic E-state index is 0.0340. The molecule has 7 nitrogen and oxygen atoms in total. The summed E-state index contributed by atoms with van der Waals surface area (Å²) in [5, 5.41) is 6.07. The molecule has 1 heterocycles. The van der Waals surface area contributed by atoms with Gasteiger partial charge in [-0.25, -0.2) is 15.0 Å². The average molecular weight is 352 g/mol. The number of guanidine groups is 1. The molecule has 0 radical (unpaired) electrons. The predicted molar refractivity (Wildman–Crippen MR) is 94.7 cm³/mol. The Bertz CT molecular complexity index is 632. The molecule has 0 bridgehead atoms. The van der Waals surface area contributed by atoms with E-state index in [0.717, 1.165) is 25.1 Å². The lowest BCUT2D eigenvalue weighted by molar-refractivity contribution is -0.0957. The molecule has 2 atom stereocenters. The number of aliphatic imine (C=N–C) groups is 2. The van der Waals surface area contributed by atoms with Crippen LogP contribution in [0.4, 0.5) is 20.3 Å². The fourth-order valence-corrected chi connectivity index (χ4v) is 2.54. The third kappa shape index (κ3) is 6.36. The number of rotatable bonds is 6. The molecule has 4 N–H and O–H groups in total. The summed E-state index contributed by atoms with van der Waals surface area (Å²) in [4.78, 5) is 12.5. The van der Waals surface area contributed by atoms with Crippen molar-refractivity contribution in [3.05, 3.63) is 30.3 Å². The van der Waals surface area contributed by atoms with E-state index in [9.17, 15) is 8.78 Å². The van der Waals surface area contributed by atoms with Crippen LogP contribution < -0.4 is 16.4 Å². The molecule has 9 heteroatoms. The number of pyridine rings is 1. The SMILES string of the molecule is C=NC(=N[C@H]1CC[C@H](Nc2ccc(N)cn2)C1)N/C=C(\C)OC(F)F. The Morgan fingerprint density at radius 3 is 2.92 bits per heavy atom. The monoisotopic (exact) mass is 352 g/mol. The fraction of sp³-hybridized carbons (Fsp3) is 0.438. The van der Waals surface area contributed by atoms with Gasteiger partial charge in [-0.2, -0.15) is 8.78 Å². The van der Waals surface area contributed by atoms with Crippen LogP contribution >= 0.6 is 0 Å². The van der Waals surface area contributed by atoms with Gasteiger partial charge in [-0.05, 0) is 45.0 Å². The predicted octanol–water partition coefficient (Wildman–Crippen LogP) is 2.74. The van der Waals surface area contributed by atoms with Gasteiger partial charge in [0, 0.05) is 12.2 Å². The second-order valence-corrected chi connectivity index (χ2v) is 5.67. The Labute approximate surface area is 145 Å². The van der Waals surface area contributed by atoms with Gasteiger partial charge in [-0.3, -0.25) is 0 Å². The van der Waals surface area contributed by atoms with E-state index >= 15 is 0 Å². The van der Waals surface area contributed by atoms with Gasteiger partial charge in [0.25, 0.3) is 0 Å². The number of nitrogens with two attached hydrogens (primary N) is 1. The lowest BCUT2D eigenvalue weighted by Gasteiger charge is -2.13. The number of hydrogen-bond acceptors (Lipinski definition) is 5. The van der Waals surface area contributed by atoms with E-state index in [1.54, 1.807) is 12.3 Å². The number of hydrogen-bond donors (Lipinski definition) is 3. The molecule has 1 aromatic rings. The maximum atomic E-state index is 12.1. The summed E-state index contributed by atoms with van der Waals surface area (Å²) in [5.41, 5.74) is 6.23. The number of halogens is 2. The lowest BCUT2D eigenvalue weighted by Crippen LogP contribution is -2.20. The fourth-order valence-electron chi connectivity index (χ4n) is 2.54. The van der Waals surface area contributed by atoms with Crippen LogP contribution in [0.1, 0.15) is 26.2 Å². The van der Waals surface area contributed by atoms with Gasteiger partial charge >= 0.3 is 6.61 Å². The first-order valence-electron chi connectivity index (χ1n) is 7.87. The van der Waals surface area contributed by atoms with Crippen molar-refractivity contribution >= 4 is 24.2 Å². The zero-order valence-corrected chi connectivity index (χ0v) is 14.0. The summed E-state index contributed by atoms with van der Waals surface area (Å²) in [6.45, 7) is 1.99. The standard InChI is InChI=1S/C16H22F2N6O/c1-10(25-15(17)18)8-22-16(20-2)24-13-5-4-12(7-13)23-14-6-3-11(19)9-21-14/h3,6,8-9,12-13,15H,2,4-5,7,19H2,1H3,(H,21,23)(H,22,24)/b10-8+/t12-,13-/m0/s1. The number of alkyl halides is 2. The van der Waals surface area contributed by atoms with Gasteiger partial charge in [0.2, 0.25) is 5.96 Å². The molecule has 25 heavy (non-hydrogen) atoms. The smallest absolute Gasteiger partial charge is 0.387 e. The van der Waals surface area contributed by atoms with Crippen molar-refractivity contribution in [1.82, 2.24) is 10.3 Å². The Balaban J connectivity index is 1.87. The van der Waals surface area contributed by atoms with Crippen LogP contribution in [0.25, 0.3) is 0 Å². The minimum atomic E-state index is -2.86. The van der Waals surface area contributed by atoms with Crippen molar-refractivity contribution in [3.8, 4) is 0 Å². The average Bonchev–Trinajstić information content (AvgIpc) is 3.00. The molecule has 2 rings (SSSR count). The Morgan fingerprint density at radius 1 is 1.48 bits per heavy atom. The van der Waals surface area contributed by atoms with Crippen LogP contribution in [0.5, 0.6) is 0 Å². The van der Waals surface area contributed by atoms with Crippen LogP contribution in [0, 0.1) is 0 Å². The zero-order valence-electron chi connectivity index (χ0n) is 14.0. The normalized spacial score (nSPS) is 21.3. The number of aromatic nitrogens is 1. The first kappa shape index (κ1) is 18.6. The molecule has 0 amide bonds. The number of anilines is 2. The third-order valence-corrected chi connectivity index (χ3v) is 3.68. The van der Waals surface area contributed by atoms with Crippen LogP contribution in [0.3, 0.4) is 0 Å². The maximum Gasteiger partial charge on any atom is 0.387 e. The van der Waals surface area contributed by atoms with Crippen molar-refractivity contribution < 1.29 is 13.5 Å². The van der Waals surface area contributed by atoms with Crippen molar-refractivity contribution in [2.24, 2.45) is 9.98 Å². The maximum absolute atomic E-state index is 12.1. The second-order valence-electron chi connectivity index (χ2n) is 5.67. The first-order valence-corrected chi connectivity index (χ1v) is 7.87. The molecule has 0 saturated heterocycles. The van der Waals surface area contributed by atoms with Crippen molar-refractivity contribution in [3.63, 3.8) is 0 Å². The molecule has 0 unspecified atom stereocenters. The summed E-state index contributed by atoms with van der Waals surface area (Å²) >= 11 is 0. The van der Waals surface area contributed by atoms with Crippen LogP contribution in [0.15, 0.2) is 40.3 Å². The summed E-state index contributed by atoms with van der Waals surface area (Å²) in [6, 6.07) is 3.93. The van der Waals surface area contributed by atoms with E-state index in [1.165, 1.54) is 13.1 Å². The quantitative estimate of drug-likeness (QED) is 0.415. The van der Waals surface area contributed by atoms with Gasteiger partial charge in [0.1, 0.15) is 11.6 Å². The Hall–Kier alpha value is -2.71. The Morgan fingerprint density at radius 2 is 2.28 bits per heavy atom. The molecule has 0 spiro atoms. The third-order valence-electron chi connectivity index (χ3n) is 3.68. The van der Waals surface area contributed by atoms with Crippen molar-refractivity contribution in [2.45, 2.75) is 44.9 Å². The van der Waals surface area contributed by atoms with E-state index in [-0.39, 0.29) is 23.8 Å². The van der Waals surface area contributed by atoms with Gasteiger partial charge < -0.3 is 21.1 Å². The van der Waals surface area contributed by atoms with E-state index in [1.807, 2.05) is 6.07 Å². The minimum Gasteiger partial charge on any atom is -0.438 e. The molecule has 0 aromatic carbocycles. The van der Waals surface area contributed by atoms with Gasteiger partial charge in [0.15, 0.2) is 0 Å². The number of ether oxygens (including phenoxy) is 1. The highest BCUT2D eigenvalue weighted by atomic mass is 19.3. The lowest BCUT2D eigenvalue weighted by atomic mass is 10.2. The van der Waals surface area contributed by atoms with E-state index in [2.05, 4.69) is 37.1 Å². The first-order chi connectivity index (χ1) is 12.0. The largest absolute Gasteiger partial charge is 0.438 e. The highest BCUT2D eigenvalue weighted by molar-refractivity contribution is 5.85. The molecular formula is C16H22F2N6O. The molecule has 0 aliphatic heterocycles. The van der Waals surface area contributed by atoms with Crippen LogP contribution in [0.2, 0.25) is 0 Å². The molecule has 136 valence electrons. The van der Waals surface area contributed by atoms with Gasteiger partial charge in [0.05, 0.1) is 17.9 Å². The summed E-state index contributed by atoms with van der Waals surface area (Å²) in [7, 11) is 0. The number of allylic oxidation sites excluding steroid dienone is 1. The number of nitrogen functional groups attached to an aromatic ring is 1. The highest BCUT2D eigenvalue weighted by Gasteiger charge is 2.24. The molecule has 1 fully saturated rings. The molecule has 1 saturated carbocycles. The zero-order chi connectivity index (χ0) is 18.2. The summed E-state index contributed by atoms with van der Waals surface area (Å²) in [5.74, 6) is 1.08. The molecule has 1 aliphatic rings. The number of nitrogens with zero attached hydrogens (tertiary/aromatic N) is 3. The van der Waals surface area contributed by atoms with E-state index in [0.29, 0.717) is 5.69 Å². The molecule has 1 aliphatic carbocycles. The van der Waals surface area contributed by atoms with Crippen LogP contribution in [-0.2, 0) is 4.74 Å². The van der Waals surface area contributed by atoms with E-state index < -0.39 is 6.61 Å². The molecular weight excluding hydrogens is 330 g/mol. The van der Waals surface area contributed by atoms with Crippen molar-refractivity contribution in [1.29, 1.82) is 0 Å². The number of nitrogens with one attached hydrogen (secondary N) is 2. The topological polar surface area (TPSA) is 96.9 Å². The van der Waals surface area contributed by atoms with Gasteiger partial charge in [-0.1, -0.05) is 0 Å².